The van der Waals surface area contributed by atoms with Crippen LogP contribution in [0.15, 0.2) is 17.3 Å². The normalized spacial score (nSPS) is 11.1. The SMILES string of the molecule is COCCn1cnc2c(cnn2C)c1=O. The second kappa shape index (κ2) is 3.82. The van der Waals surface area contributed by atoms with Gasteiger partial charge in [0.2, 0.25) is 0 Å². The highest BCUT2D eigenvalue weighted by Gasteiger charge is 2.07. The highest BCUT2D eigenvalue weighted by Crippen LogP contribution is 2.02. The fourth-order valence-electron chi connectivity index (χ4n) is 1.42. The topological polar surface area (TPSA) is 61.9 Å². The second-order valence-electron chi connectivity index (χ2n) is 3.24. The number of nitrogens with zero attached hydrogens (tertiary/aromatic N) is 4. The van der Waals surface area contributed by atoms with Crippen molar-refractivity contribution in [2.45, 2.75) is 6.54 Å². The summed E-state index contributed by atoms with van der Waals surface area (Å²) in [6.07, 6.45) is 3.05. The Labute approximate surface area is 86.1 Å². The number of aromatic nitrogens is 4. The molecule has 0 aliphatic heterocycles. The van der Waals surface area contributed by atoms with Gasteiger partial charge in [0.05, 0.1) is 19.3 Å². The largest absolute Gasteiger partial charge is 0.383 e. The maximum absolute atomic E-state index is 11.9. The van der Waals surface area contributed by atoms with Gasteiger partial charge in [0.25, 0.3) is 5.56 Å². The summed E-state index contributed by atoms with van der Waals surface area (Å²) in [4.78, 5) is 16.0. The highest BCUT2D eigenvalue weighted by molar-refractivity contribution is 5.72. The van der Waals surface area contributed by atoms with Crippen molar-refractivity contribution in [1.29, 1.82) is 0 Å². The predicted octanol–water partition coefficient (Wildman–Crippen LogP) is -0.224. The maximum Gasteiger partial charge on any atom is 0.264 e. The molecular formula is C9H12N4O2. The molecule has 80 valence electrons. The fraction of sp³-hybridized carbons (Fsp3) is 0.444. The molecule has 0 saturated heterocycles. The number of ether oxygens (including phenoxy) is 1. The van der Waals surface area contributed by atoms with Gasteiger partial charge >= 0.3 is 0 Å². The van der Waals surface area contributed by atoms with Crippen LogP contribution in [0.2, 0.25) is 0 Å². The van der Waals surface area contributed by atoms with Crippen LogP contribution in [0.5, 0.6) is 0 Å². The van der Waals surface area contributed by atoms with Crippen molar-refractivity contribution >= 4 is 11.0 Å². The maximum atomic E-state index is 11.9. The summed E-state index contributed by atoms with van der Waals surface area (Å²) in [5.74, 6) is 0. The molecule has 0 atom stereocenters. The first-order chi connectivity index (χ1) is 7.24. The van der Waals surface area contributed by atoms with Gasteiger partial charge in [-0.15, -0.1) is 0 Å². The van der Waals surface area contributed by atoms with E-state index in [1.165, 1.54) is 17.1 Å². The van der Waals surface area contributed by atoms with E-state index in [1.54, 1.807) is 18.8 Å². The smallest absolute Gasteiger partial charge is 0.264 e. The second-order valence-corrected chi connectivity index (χ2v) is 3.24. The molecule has 6 nitrogen and oxygen atoms in total. The van der Waals surface area contributed by atoms with Gasteiger partial charge in [-0.25, -0.2) is 4.98 Å². The number of methoxy groups -OCH3 is 1. The molecule has 2 aromatic rings. The van der Waals surface area contributed by atoms with E-state index >= 15 is 0 Å². The summed E-state index contributed by atoms with van der Waals surface area (Å²) in [5, 5.41) is 4.53. The molecule has 0 radical (unpaired) electrons. The Hall–Kier alpha value is -1.69. The minimum absolute atomic E-state index is 0.0786. The lowest BCUT2D eigenvalue weighted by Gasteiger charge is -2.03. The van der Waals surface area contributed by atoms with Crippen molar-refractivity contribution in [2.75, 3.05) is 13.7 Å². The monoisotopic (exact) mass is 208 g/mol. The molecule has 0 spiro atoms. The molecule has 6 heteroatoms. The Morgan fingerprint density at radius 1 is 1.53 bits per heavy atom. The van der Waals surface area contributed by atoms with Gasteiger partial charge in [-0.1, -0.05) is 0 Å². The Balaban J connectivity index is 2.51. The minimum atomic E-state index is -0.0786. The third-order valence-corrected chi connectivity index (χ3v) is 2.25. The van der Waals surface area contributed by atoms with Crippen LogP contribution in [0.25, 0.3) is 11.0 Å². The summed E-state index contributed by atoms with van der Waals surface area (Å²) in [6.45, 7) is 1.00. The predicted molar refractivity (Wildman–Crippen MR) is 54.6 cm³/mol. The van der Waals surface area contributed by atoms with E-state index < -0.39 is 0 Å². The first-order valence-electron chi connectivity index (χ1n) is 4.60. The summed E-state index contributed by atoms with van der Waals surface area (Å²) >= 11 is 0. The van der Waals surface area contributed by atoms with E-state index in [0.29, 0.717) is 24.2 Å². The van der Waals surface area contributed by atoms with Crippen molar-refractivity contribution < 1.29 is 4.74 Å². The number of rotatable bonds is 3. The van der Waals surface area contributed by atoms with Crippen LogP contribution < -0.4 is 5.56 Å². The zero-order chi connectivity index (χ0) is 10.8. The molecular weight excluding hydrogens is 196 g/mol. The molecule has 0 unspecified atom stereocenters. The number of hydrogen-bond donors (Lipinski definition) is 0. The van der Waals surface area contributed by atoms with E-state index in [2.05, 4.69) is 10.1 Å². The van der Waals surface area contributed by atoms with Crippen molar-refractivity contribution in [2.24, 2.45) is 7.05 Å². The average Bonchev–Trinajstić information content (AvgIpc) is 2.61. The molecule has 0 bridgehead atoms. The standard InChI is InChI=1S/C9H12N4O2/c1-12-8-7(5-11-12)9(14)13(6-10-8)3-4-15-2/h5-6H,3-4H2,1-2H3. The van der Waals surface area contributed by atoms with Crippen LogP contribution in [-0.4, -0.2) is 33.0 Å². The van der Waals surface area contributed by atoms with E-state index in [0.717, 1.165) is 0 Å². The summed E-state index contributed by atoms with van der Waals surface area (Å²) in [5.41, 5.74) is 0.527. The van der Waals surface area contributed by atoms with Crippen molar-refractivity contribution in [3.05, 3.63) is 22.9 Å². The molecule has 2 heterocycles. The zero-order valence-corrected chi connectivity index (χ0v) is 8.67. The van der Waals surface area contributed by atoms with Gasteiger partial charge in [-0.05, 0) is 0 Å². The van der Waals surface area contributed by atoms with Gasteiger partial charge < -0.3 is 4.74 Å². The highest BCUT2D eigenvalue weighted by atomic mass is 16.5. The van der Waals surface area contributed by atoms with Gasteiger partial charge in [0.15, 0.2) is 5.65 Å². The quantitative estimate of drug-likeness (QED) is 0.699. The molecule has 0 saturated carbocycles. The van der Waals surface area contributed by atoms with E-state index in [4.69, 9.17) is 4.74 Å². The van der Waals surface area contributed by atoms with E-state index in [9.17, 15) is 4.79 Å². The molecule has 2 rings (SSSR count). The van der Waals surface area contributed by atoms with E-state index in [1.807, 2.05) is 0 Å². The minimum Gasteiger partial charge on any atom is -0.383 e. The van der Waals surface area contributed by atoms with Crippen LogP contribution in [-0.2, 0) is 18.3 Å². The molecule has 0 amide bonds. The Kier molecular flexibility index (Phi) is 2.51. The molecule has 15 heavy (non-hydrogen) atoms. The van der Waals surface area contributed by atoms with Crippen LogP contribution in [0.1, 0.15) is 0 Å². The van der Waals surface area contributed by atoms with Crippen molar-refractivity contribution in [3.63, 3.8) is 0 Å². The lowest BCUT2D eigenvalue weighted by molar-refractivity contribution is 0.186. The van der Waals surface area contributed by atoms with Gasteiger partial charge in [0.1, 0.15) is 11.7 Å². The van der Waals surface area contributed by atoms with Gasteiger partial charge in [0, 0.05) is 14.2 Å². The Bertz CT molecular complexity index is 528. The summed E-state index contributed by atoms with van der Waals surface area (Å²) < 4.78 is 8.01. The molecule has 0 fully saturated rings. The third kappa shape index (κ3) is 1.63. The first kappa shape index (κ1) is 9.85. The van der Waals surface area contributed by atoms with Crippen LogP contribution in [0.4, 0.5) is 0 Å². The Morgan fingerprint density at radius 3 is 3.07 bits per heavy atom. The molecule has 2 aromatic heterocycles. The van der Waals surface area contributed by atoms with Gasteiger partial charge in [-0.2, -0.15) is 5.10 Å². The number of aryl methyl sites for hydroxylation is 1. The van der Waals surface area contributed by atoms with Crippen molar-refractivity contribution in [3.8, 4) is 0 Å². The molecule has 0 aliphatic rings. The number of hydrogen-bond acceptors (Lipinski definition) is 4. The lowest BCUT2D eigenvalue weighted by Crippen LogP contribution is -2.22. The molecule has 0 aliphatic carbocycles. The van der Waals surface area contributed by atoms with E-state index in [-0.39, 0.29) is 5.56 Å². The third-order valence-electron chi connectivity index (χ3n) is 2.25. The zero-order valence-electron chi connectivity index (χ0n) is 8.67. The summed E-state index contributed by atoms with van der Waals surface area (Å²) in [7, 11) is 3.36. The fourth-order valence-corrected chi connectivity index (χ4v) is 1.42. The van der Waals surface area contributed by atoms with Crippen LogP contribution in [0, 0.1) is 0 Å². The van der Waals surface area contributed by atoms with Crippen molar-refractivity contribution in [1.82, 2.24) is 19.3 Å². The summed E-state index contributed by atoms with van der Waals surface area (Å²) in [6, 6.07) is 0. The average molecular weight is 208 g/mol. The van der Waals surface area contributed by atoms with Crippen LogP contribution in [0.3, 0.4) is 0 Å². The molecule has 0 aromatic carbocycles. The first-order valence-corrected chi connectivity index (χ1v) is 4.60. The van der Waals surface area contributed by atoms with Crippen LogP contribution >= 0.6 is 0 Å². The van der Waals surface area contributed by atoms with Gasteiger partial charge in [-0.3, -0.25) is 14.0 Å². The lowest BCUT2D eigenvalue weighted by atomic mass is 10.4. The Morgan fingerprint density at radius 2 is 2.33 bits per heavy atom. The number of fused-ring (bicyclic) bond motifs is 1. The molecule has 0 N–H and O–H groups in total.